The molecule has 1 rings (SSSR count). The monoisotopic (exact) mass is 215 g/mol. The van der Waals surface area contributed by atoms with Gasteiger partial charge in [0, 0.05) is 17.5 Å². The number of hydrogen-bond donors (Lipinski definition) is 0. The molecule has 0 saturated carbocycles. The van der Waals surface area contributed by atoms with E-state index in [2.05, 4.69) is 44.2 Å². The molecule has 0 bridgehead atoms. The second-order valence-corrected chi connectivity index (χ2v) is 5.71. The van der Waals surface area contributed by atoms with Gasteiger partial charge in [0.25, 0.3) is 0 Å². The Bertz CT molecular complexity index is 255. The number of rotatable bonds is 4. The predicted octanol–water partition coefficient (Wildman–Crippen LogP) is 3.31. The summed E-state index contributed by atoms with van der Waals surface area (Å²) in [6.07, 6.45) is 2.13. The summed E-state index contributed by atoms with van der Waals surface area (Å²) in [5.74, 6) is 0. The van der Waals surface area contributed by atoms with E-state index in [9.17, 15) is 0 Å². The first-order valence-corrected chi connectivity index (χ1v) is 6.50. The molecule has 0 amide bonds. The Balaban J connectivity index is 2.53. The van der Waals surface area contributed by atoms with Gasteiger partial charge >= 0.3 is 0 Å². The maximum atomic E-state index is 2.36. The third-order valence-corrected chi connectivity index (χ3v) is 4.28. The summed E-state index contributed by atoms with van der Waals surface area (Å²) in [5, 5.41) is 0. The van der Waals surface area contributed by atoms with E-state index in [1.807, 2.05) is 23.1 Å². The molecule has 1 nitrogen and oxygen atoms in total. The molecular formula is C10H17NS2. The van der Waals surface area contributed by atoms with Crippen LogP contribution in [0.1, 0.15) is 18.7 Å². The molecule has 3 heteroatoms. The van der Waals surface area contributed by atoms with E-state index in [1.165, 1.54) is 9.09 Å². The molecule has 0 unspecified atom stereocenters. The van der Waals surface area contributed by atoms with E-state index in [4.69, 9.17) is 0 Å². The fourth-order valence-electron chi connectivity index (χ4n) is 0.981. The van der Waals surface area contributed by atoms with Gasteiger partial charge in [0.05, 0.1) is 4.21 Å². The van der Waals surface area contributed by atoms with Crippen molar-refractivity contribution in [1.82, 2.24) is 4.90 Å². The maximum Gasteiger partial charge on any atom is 0.0599 e. The molecule has 1 aromatic heterocycles. The largest absolute Gasteiger partial charge is 0.299 e. The van der Waals surface area contributed by atoms with E-state index in [1.54, 1.807) is 0 Å². The van der Waals surface area contributed by atoms with Gasteiger partial charge in [0.2, 0.25) is 0 Å². The summed E-state index contributed by atoms with van der Waals surface area (Å²) in [4.78, 5) is 3.82. The molecule has 13 heavy (non-hydrogen) atoms. The van der Waals surface area contributed by atoms with Crippen molar-refractivity contribution in [2.24, 2.45) is 0 Å². The second-order valence-electron chi connectivity index (χ2n) is 3.43. The summed E-state index contributed by atoms with van der Waals surface area (Å²) in [7, 11) is 2.17. The van der Waals surface area contributed by atoms with Crippen LogP contribution in [0.3, 0.4) is 0 Å². The lowest BCUT2D eigenvalue weighted by Crippen LogP contribution is -2.24. The fourth-order valence-corrected chi connectivity index (χ4v) is 2.64. The standard InChI is InChI=1S/C10H17NS2/c1-8(2)11(3)7-9-5-6-10(12-4)13-9/h5-6,8H,7H2,1-4H3. The smallest absolute Gasteiger partial charge is 0.0599 e. The van der Waals surface area contributed by atoms with Gasteiger partial charge in [-0.2, -0.15) is 0 Å². The van der Waals surface area contributed by atoms with Gasteiger partial charge in [-0.1, -0.05) is 0 Å². The molecule has 0 N–H and O–H groups in total. The molecule has 74 valence electrons. The van der Waals surface area contributed by atoms with E-state index < -0.39 is 0 Å². The van der Waals surface area contributed by atoms with Crippen LogP contribution in [0.5, 0.6) is 0 Å². The molecule has 0 atom stereocenters. The van der Waals surface area contributed by atoms with Crippen LogP contribution in [-0.2, 0) is 6.54 Å². The van der Waals surface area contributed by atoms with Crippen molar-refractivity contribution in [3.63, 3.8) is 0 Å². The average molecular weight is 215 g/mol. The normalized spacial score (nSPS) is 11.5. The van der Waals surface area contributed by atoms with Crippen LogP contribution in [-0.4, -0.2) is 24.2 Å². The van der Waals surface area contributed by atoms with E-state index >= 15 is 0 Å². The highest BCUT2D eigenvalue weighted by atomic mass is 32.2. The minimum absolute atomic E-state index is 0.625. The Morgan fingerprint density at radius 3 is 2.62 bits per heavy atom. The topological polar surface area (TPSA) is 3.24 Å². The summed E-state index contributed by atoms with van der Waals surface area (Å²) in [6, 6.07) is 5.06. The molecule has 1 aromatic rings. The van der Waals surface area contributed by atoms with E-state index in [0.717, 1.165) is 6.54 Å². The quantitative estimate of drug-likeness (QED) is 0.709. The molecule has 0 radical (unpaired) electrons. The van der Waals surface area contributed by atoms with Crippen molar-refractivity contribution in [3.05, 3.63) is 17.0 Å². The summed E-state index contributed by atoms with van der Waals surface area (Å²) in [5.41, 5.74) is 0. The van der Waals surface area contributed by atoms with Crippen molar-refractivity contribution >= 4 is 23.1 Å². The molecule has 1 heterocycles. The number of thiophene rings is 1. The molecule has 0 aliphatic heterocycles. The second kappa shape index (κ2) is 5.03. The van der Waals surface area contributed by atoms with Crippen molar-refractivity contribution in [1.29, 1.82) is 0 Å². The lowest BCUT2D eigenvalue weighted by molar-refractivity contribution is 0.268. The fraction of sp³-hybridized carbons (Fsp3) is 0.600. The lowest BCUT2D eigenvalue weighted by atomic mass is 10.3. The highest BCUT2D eigenvalue weighted by Gasteiger charge is 2.05. The van der Waals surface area contributed by atoms with Gasteiger partial charge in [0.15, 0.2) is 0 Å². The zero-order valence-electron chi connectivity index (χ0n) is 8.70. The first-order valence-electron chi connectivity index (χ1n) is 4.46. The predicted molar refractivity (Wildman–Crippen MR) is 62.7 cm³/mol. The Hall–Kier alpha value is 0.01000. The van der Waals surface area contributed by atoms with Crippen LogP contribution < -0.4 is 0 Å². The molecule has 0 aliphatic rings. The van der Waals surface area contributed by atoms with Crippen molar-refractivity contribution < 1.29 is 0 Å². The highest BCUT2D eigenvalue weighted by Crippen LogP contribution is 2.26. The van der Waals surface area contributed by atoms with Crippen molar-refractivity contribution in [3.8, 4) is 0 Å². The van der Waals surface area contributed by atoms with Crippen molar-refractivity contribution in [2.75, 3.05) is 13.3 Å². The van der Waals surface area contributed by atoms with Crippen LogP contribution in [0.25, 0.3) is 0 Å². The third kappa shape index (κ3) is 3.33. The highest BCUT2D eigenvalue weighted by molar-refractivity contribution is 8.00. The molecule has 0 fully saturated rings. The van der Waals surface area contributed by atoms with Crippen molar-refractivity contribution in [2.45, 2.75) is 30.6 Å². The van der Waals surface area contributed by atoms with Crippen LogP contribution in [0.4, 0.5) is 0 Å². The Labute approximate surface area is 89.1 Å². The summed E-state index contributed by atoms with van der Waals surface area (Å²) in [6.45, 7) is 5.52. The molecule has 0 spiro atoms. The third-order valence-electron chi connectivity index (χ3n) is 2.12. The molecular weight excluding hydrogens is 198 g/mol. The lowest BCUT2D eigenvalue weighted by Gasteiger charge is -2.19. The van der Waals surface area contributed by atoms with Crippen LogP contribution in [0.2, 0.25) is 0 Å². The Morgan fingerprint density at radius 2 is 2.15 bits per heavy atom. The van der Waals surface area contributed by atoms with Gasteiger partial charge in [-0.3, -0.25) is 4.90 Å². The summed E-state index contributed by atoms with van der Waals surface area (Å²) >= 11 is 3.73. The van der Waals surface area contributed by atoms with Crippen LogP contribution in [0, 0.1) is 0 Å². The number of thioether (sulfide) groups is 1. The Morgan fingerprint density at radius 1 is 1.46 bits per heavy atom. The summed E-state index contributed by atoms with van der Waals surface area (Å²) < 4.78 is 1.41. The first-order chi connectivity index (χ1) is 6.13. The van der Waals surface area contributed by atoms with E-state index in [-0.39, 0.29) is 0 Å². The minimum atomic E-state index is 0.625. The van der Waals surface area contributed by atoms with Crippen LogP contribution >= 0.6 is 23.1 Å². The maximum absolute atomic E-state index is 2.36. The molecule has 0 aliphatic carbocycles. The average Bonchev–Trinajstić information content (AvgIpc) is 2.52. The van der Waals surface area contributed by atoms with Gasteiger partial charge in [0.1, 0.15) is 0 Å². The first kappa shape index (κ1) is 11.1. The van der Waals surface area contributed by atoms with Gasteiger partial charge in [-0.05, 0) is 39.3 Å². The minimum Gasteiger partial charge on any atom is -0.299 e. The molecule has 0 aromatic carbocycles. The Kier molecular flexibility index (Phi) is 4.29. The molecule has 0 saturated heterocycles. The number of nitrogens with zero attached hydrogens (tertiary/aromatic N) is 1. The van der Waals surface area contributed by atoms with Gasteiger partial charge < -0.3 is 0 Å². The SMILES string of the molecule is CSc1ccc(CN(C)C(C)C)s1. The zero-order chi connectivity index (χ0) is 9.84. The number of hydrogen-bond acceptors (Lipinski definition) is 3. The van der Waals surface area contributed by atoms with Crippen LogP contribution in [0.15, 0.2) is 16.3 Å². The van der Waals surface area contributed by atoms with E-state index in [0.29, 0.717) is 6.04 Å². The van der Waals surface area contributed by atoms with Gasteiger partial charge in [-0.15, -0.1) is 23.1 Å². The zero-order valence-corrected chi connectivity index (χ0v) is 10.3. The van der Waals surface area contributed by atoms with Gasteiger partial charge in [-0.25, -0.2) is 0 Å².